The van der Waals surface area contributed by atoms with E-state index in [0.29, 0.717) is 12.3 Å². The van der Waals surface area contributed by atoms with Gasteiger partial charge in [0.05, 0.1) is 0 Å². The largest absolute Gasteiger partial charge is 0.483 e. The molecule has 0 bridgehead atoms. The van der Waals surface area contributed by atoms with E-state index in [1.54, 1.807) is 6.07 Å². The van der Waals surface area contributed by atoms with Crippen molar-refractivity contribution in [3.8, 4) is 5.75 Å². The Hall–Kier alpha value is -2.08. The third-order valence-corrected chi connectivity index (χ3v) is 2.08. The summed E-state index contributed by atoms with van der Waals surface area (Å²) in [6.07, 6.45) is 0. The number of benzene rings is 1. The first-order chi connectivity index (χ1) is 8.63. The van der Waals surface area contributed by atoms with Gasteiger partial charge in [-0.05, 0) is 13.1 Å². The second kappa shape index (κ2) is 7.29. The summed E-state index contributed by atoms with van der Waals surface area (Å²) in [5.74, 6) is -0.104. The fourth-order valence-corrected chi connectivity index (χ4v) is 1.32. The molecular formula is C12H17N3O3. The van der Waals surface area contributed by atoms with E-state index >= 15 is 0 Å². The molecule has 0 heterocycles. The molecule has 6 nitrogen and oxygen atoms in total. The molecule has 3 N–H and O–H groups in total. The number of nitrogens with one attached hydrogen (secondary N) is 3. The summed E-state index contributed by atoms with van der Waals surface area (Å²) >= 11 is 0. The van der Waals surface area contributed by atoms with E-state index in [4.69, 9.17) is 4.74 Å². The summed E-state index contributed by atoms with van der Waals surface area (Å²) in [4.78, 5) is 21.9. The van der Waals surface area contributed by atoms with E-state index in [1.165, 1.54) is 6.92 Å². The van der Waals surface area contributed by atoms with Crippen molar-refractivity contribution in [3.05, 3.63) is 29.8 Å². The monoisotopic (exact) mass is 251 g/mol. The highest BCUT2D eigenvalue weighted by Gasteiger charge is 2.06. The molecule has 1 aromatic carbocycles. The lowest BCUT2D eigenvalue weighted by atomic mass is 10.2. The van der Waals surface area contributed by atoms with Gasteiger partial charge in [0.2, 0.25) is 5.91 Å². The van der Waals surface area contributed by atoms with Crippen molar-refractivity contribution >= 4 is 11.8 Å². The Labute approximate surface area is 106 Å². The summed E-state index contributed by atoms with van der Waals surface area (Å²) in [7, 11) is 1.83. The van der Waals surface area contributed by atoms with Gasteiger partial charge >= 0.3 is 0 Å². The van der Waals surface area contributed by atoms with Crippen molar-refractivity contribution < 1.29 is 14.3 Å². The van der Waals surface area contributed by atoms with Crippen molar-refractivity contribution in [2.45, 2.75) is 13.5 Å². The quantitative estimate of drug-likeness (QED) is 0.641. The zero-order chi connectivity index (χ0) is 13.4. The average Bonchev–Trinajstić information content (AvgIpc) is 2.35. The van der Waals surface area contributed by atoms with Gasteiger partial charge in [-0.25, -0.2) is 0 Å². The number of rotatable bonds is 5. The summed E-state index contributed by atoms with van der Waals surface area (Å²) in [5, 5.41) is 3.01. The maximum absolute atomic E-state index is 11.3. The molecule has 0 aliphatic rings. The molecule has 0 aliphatic carbocycles. The highest BCUT2D eigenvalue weighted by Crippen LogP contribution is 2.17. The predicted molar refractivity (Wildman–Crippen MR) is 66.7 cm³/mol. The zero-order valence-electron chi connectivity index (χ0n) is 10.4. The summed E-state index contributed by atoms with van der Waals surface area (Å²) < 4.78 is 5.38. The number of hydrogen-bond donors (Lipinski definition) is 3. The van der Waals surface area contributed by atoms with E-state index in [-0.39, 0.29) is 12.5 Å². The van der Waals surface area contributed by atoms with Crippen LogP contribution in [0.4, 0.5) is 0 Å². The van der Waals surface area contributed by atoms with E-state index in [9.17, 15) is 9.59 Å². The summed E-state index contributed by atoms with van der Waals surface area (Å²) in [5.41, 5.74) is 5.38. The second-order valence-electron chi connectivity index (χ2n) is 3.66. The van der Waals surface area contributed by atoms with Crippen LogP contribution in [0.5, 0.6) is 5.75 Å². The Morgan fingerprint density at radius 1 is 1.22 bits per heavy atom. The first-order valence-corrected chi connectivity index (χ1v) is 5.54. The van der Waals surface area contributed by atoms with Gasteiger partial charge in [-0.15, -0.1) is 0 Å². The SMILES string of the molecule is CNCc1ccccc1OCC(=O)NNC(C)=O. The van der Waals surface area contributed by atoms with Crippen molar-refractivity contribution in [1.29, 1.82) is 0 Å². The van der Waals surface area contributed by atoms with Crippen molar-refractivity contribution in [3.63, 3.8) is 0 Å². The average molecular weight is 251 g/mol. The number of amides is 2. The number of ether oxygens (including phenoxy) is 1. The van der Waals surface area contributed by atoms with Crippen LogP contribution in [0.3, 0.4) is 0 Å². The number of carbonyl (C=O) groups is 2. The Morgan fingerprint density at radius 3 is 2.61 bits per heavy atom. The number of hydrogen-bond acceptors (Lipinski definition) is 4. The molecule has 0 saturated heterocycles. The maximum atomic E-state index is 11.3. The van der Waals surface area contributed by atoms with Gasteiger partial charge in [0.1, 0.15) is 5.75 Å². The zero-order valence-corrected chi connectivity index (χ0v) is 10.4. The van der Waals surface area contributed by atoms with E-state index in [0.717, 1.165) is 5.56 Å². The molecule has 0 atom stereocenters. The lowest BCUT2D eigenvalue weighted by molar-refractivity contribution is -0.129. The minimum atomic E-state index is -0.413. The second-order valence-corrected chi connectivity index (χ2v) is 3.66. The molecule has 98 valence electrons. The lowest BCUT2D eigenvalue weighted by Crippen LogP contribution is -2.42. The van der Waals surface area contributed by atoms with E-state index < -0.39 is 5.91 Å². The number of hydrazine groups is 1. The van der Waals surface area contributed by atoms with Gasteiger partial charge < -0.3 is 10.1 Å². The molecular weight excluding hydrogens is 234 g/mol. The summed E-state index contributed by atoms with van der Waals surface area (Å²) in [6, 6.07) is 7.44. The van der Waals surface area contributed by atoms with Crippen LogP contribution < -0.4 is 20.9 Å². The molecule has 6 heteroatoms. The smallest absolute Gasteiger partial charge is 0.276 e. The lowest BCUT2D eigenvalue weighted by Gasteiger charge is -2.11. The van der Waals surface area contributed by atoms with Gasteiger partial charge in [0.15, 0.2) is 6.61 Å². The van der Waals surface area contributed by atoms with Gasteiger partial charge in [-0.2, -0.15) is 0 Å². The molecule has 1 rings (SSSR count). The van der Waals surface area contributed by atoms with Gasteiger partial charge in [0.25, 0.3) is 5.91 Å². The Kier molecular flexibility index (Phi) is 5.66. The Balaban J connectivity index is 2.47. The summed E-state index contributed by atoms with van der Waals surface area (Å²) in [6.45, 7) is 1.81. The van der Waals surface area contributed by atoms with Crippen LogP contribution in [-0.2, 0) is 16.1 Å². The molecule has 18 heavy (non-hydrogen) atoms. The van der Waals surface area contributed by atoms with Crippen molar-refractivity contribution in [1.82, 2.24) is 16.2 Å². The Bertz CT molecular complexity index is 421. The first-order valence-electron chi connectivity index (χ1n) is 5.54. The fourth-order valence-electron chi connectivity index (χ4n) is 1.32. The molecule has 0 radical (unpaired) electrons. The van der Waals surface area contributed by atoms with Crippen molar-refractivity contribution in [2.24, 2.45) is 0 Å². The maximum Gasteiger partial charge on any atom is 0.276 e. The Morgan fingerprint density at radius 2 is 1.94 bits per heavy atom. The van der Waals surface area contributed by atoms with Crippen LogP contribution in [0.1, 0.15) is 12.5 Å². The van der Waals surface area contributed by atoms with Crippen LogP contribution >= 0.6 is 0 Å². The minimum Gasteiger partial charge on any atom is -0.483 e. The molecule has 1 aromatic rings. The first kappa shape index (κ1) is 14.0. The van der Waals surface area contributed by atoms with Gasteiger partial charge in [-0.3, -0.25) is 20.4 Å². The molecule has 0 spiro atoms. The number of carbonyl (C=O) groups excluding carboxylic acids is 2. The molecule has 0 aliphatic heterocycles. The highest BCUT2D eigenvalue weighted by molar-refractivity contribution is 5.81. The number of para-hydroxylation sites is 1. The van der Waals surface area contributed by atoms with E-state index in [1.807, 2.05) is 25.2 Å². The third-order valence-electron chi connectivity index (χ3n) is 2.08. The van der Waals surface area contributed by atoms with Crippen LogP contribution in [0.25, 0.3) is 0 Å². The molecule has 0 fully saturated rings. The van der Waals surface area contributed by atoms with Gasteiger partial charge in [-0.1, -0.05) is 18.2 Å². The van der Waals surface area contributed by atoms with Crippen LogP contribution in [-0.4, -0.2) is 25.5 Å². The standard InChI is InChI=1S/C12H17N3O3/c1-9(16)14-15-12(17)8-18-11-6-4-3-5-10(11)7-13-2/h3-6,13H,7-8H2,1-2H3,(H,14,16)(H,15,17). The fraction of sp³-hybridized carbons (Fsp3) is 0.333. The minimum absolute atomic E-state index is 0.152. The molecule has 2 amide bonds. The van der Waals surface area contributed by atoms with Gasteiger partial charge in [0, 0.05) is 19.0 Å². The molecule has 0 saturated carbocycles. The highest BCUT2D eigenvalue weighted by atomic mass is 16.5. The topological polar surface area (TPSA) is 79.5 Å². The third kappa shape index (κ3) is 4.84. The molecule has 0 aromatic heterocycles. The molecule has 0 unspecified atom stereocenters. The van der Waals surface area contributed by atoms with Crippen LogP contribution in [0.15, 0.2) is 24.3 Å². The van der Waals surface area contributed by atoms with Crippen LogP contribution in [0.2, 0.25) is 0 Å². The predicted octanol–water partition coefficient (Wildman–Crippen LogP) is -0.0479. The van der Waals surface area contributed by atoms with Crippen molar-refractivity contribution in [2.75, 3.05) is 13.7 Å². The van der Waals surface area contributed by atoms with E-state index in [2.05, 4.69) is 16.2 Å². The normalized spacial score (nSPS) is 9.67. The van der Waals surface area contributed by atoms with Crippen LogP contribution in [0, 0.1) is 0 Å².